The van der Waals surface area contributed by atoms with Gasteiger partial charge in [-0.25, -0.2) is 0 Å². The summed E-state index contributed by atoms with van der Waals surface area (Å²) in [6, 6.07) is 15.9. The molecule has 146 valence electrons. The number of hydrogen-bond donors (Lipinski definition) is 0. The maximum Gasteiger partial charge on any atom is 0.288 e. The third kappa shape index (κ3) is 3.73. The van der Waals surface area contributed by atoms with Gasteiger partial charge in [-0.3, -0.25) is 19.9 Å². The minimum Gasteiger partial charge on any atom is -0.454 e. The summed E-state index contributed by atoms with van der Waals surface area (Å²) in [4.78, 5) is 29.6. The predicted molar refractivity (Wildman–Crippen MR) is 105 cm³/mol. The Morgan fingerprint density at radius 1 is 1.14 bits per heavy atom. The average molecular weight is 391 g/mol. The Hall–Kier alpha value is -3.94. The lowest BCUT2D eigenvalue weighted by atomic mass is 10.1. The smallest absolute Gasteiger partial charge is 0.288 e. The zero-order valence-electron chi connectivity index (χ0n) is 15.6. The minimum atomic E-state index is -0.562. The first kappa shape index (κ1) is 18.4. The second kappa shape index (κ2) is 7.59. The molecule has 0 spiro atoms. The number of pyridine rings is 1. The van der Waals surface area contributed by atoms with Crippen molar-refractivity contribution in [3.05, 3.63) is 87.7 Å². The lowest BCUT2D eigenvalue weighted by molar-refractivity contribution is -0.385. The highest BCUT2D eigenvalue weighted by Crippen LogP contribution is 2.33. The van der Waals surface area contributed by atoms with Gasteiger partial charge in [0.1, 0.15) is 6.20 Å². The number of aromatic nitrogens is 1. The van der Waals surface area contributed by atoms with Crippen LogP contribution in [0.2, 0.25) is 0 Å². The number of benzene rings is 2. The summed E-state index contributed by atoms with van der Waals surface area (Å²) in [7, 11) is 0. The van der Waals surface area contributed by atoms with Crippen molar-refractivity contribution in [2.24, 2.45) is 0 Å². The minimum absolute atomic E-state index is 0.165. The van der Waals surface area contributed by atoms with Gasteiger partial charge < -0.3 is 14.4 Å². The zero-order chi connectivity index (χ0) is 20.4. The summed E-state index contributed by atoms with van der Waals surface area (Å²) in [5, 5.41) is 11.1. The fourth-order valence-electron chi connectivity index (χ4n) is 3.09. The van der Waals surface area contributed by atoms with Crippen LogP contribution in [-0.4, -0.2) is 22.6 Å². The maximum atomic E-state index is 13.4. The summed E-state index contributed by atoms with van der Waals surface area (Å²) in [6.07, 6.45) is 1.15. The van der Waals surface area contributed by atoms with E-state index in [1.54, 1.807) is 17.9 Å². The second-order valence-corrected chi connectivity index (χ2v) is 6.50. The van der Waals surface area contributed by atoms with Gasteiger partial charge in [0.15, 0.2) is 11.5 Å². The van der Waals surface area contributed by atoms with Crippen LogP contribution >= 0.6 is 0 Å². The van der Waals surface area contributed by atoms with Crippen LogP contribution in [0.4, 0.5) is 11.4 Å². The van der Waals surface area contributed by atoms with Gasteiger partial charge in [-0.05, 0) is 36.8 Å². The quantitative estimate of drug-likeness (QED) is 0.484. The van der Waals surface area contributed by atoms with Crippen molar-refractivity contribution in [3.63, 3.8) is 0 Å². The van der Waals surface area contributed by atoms with Crippen molar-refractivity contribution in [2.75, 3.05) is 11.7 Å². The first-order valence-corrected chi connectivity index (χ1v) is 8.89. The summed E-state index contributed by atoms with van der Waals surface area (Å²) in [5.41, 5.74) is 1.88. The molecule has 8 nitrogen and oxygen atoms in total. The van der Waals surface area contributed by atoms with E-state index in [2.05, 4.69) is 4.98 Å². The summed E-state index contributed by atoms with van der Waals surface area (Å²) < 4.78 is 10.8. The first-order chi connectivity index (χ1) is 14.0. The van der Waals surface area contributed by atoms with Gasteiger partial charge in [0, 0.05) is 11.8 Å². The van der Waals surface area contributed by atoms with Crippen LogP contribution in [0.1, 0.15) is 21.6 Å². The second-order valence-electron chi connectivity index (χ2n) is 6.50. The van der Waals surface area contributed by atoms with E-state index in [-0.39, 0.29) is 30.5 Å². The molecule has 3 aromatic rings. The van der Waals surface area contributed by atoms with Crippen LogP contribution in [0.3, 0.4) is 0 Å². The molecule has 0 saturated carbocycles. The predicted octanol–water partition coefficient (Wildman–Crippen LogP) is 3.87. The highest BCUT2D eigenvalue weighted by atomic mass is 16.7. The lowest BCUT2D eigenvalue weighted by Gasteiger charge is -2.24. The number of carbonyl (C=O) groups is 1. The van der Waals surface area contributed by atoms with E-state index in [0.717, 1.165) is 11.8 Å². The molecule has 0 aliphatic carbocycles. The molecule has 0 unspecified atom stereocenters. The van der Waals surface area contributed by atoms with E-state index in [9.17, 15) is 14.9 Å². The number of nitrogens with zero attached hydrogens (tertiary/aromatic N) is 3. The highest BCUT2D eigenvalue weighted by molar-refractivity contribution is 6.07. The van der Waals surface area contributed by atoms with Crippen LogP contribution in [0.25, 0.3) is 0 Å². The van der Waals surface area contributed by atoms with Crippen LogP contribution < -0.4 is 14.4 Å². The molecule has 2 heterocycles. The molecule has 0 bridgehead atoms. The summed E-state index contributed by atoms with van der Waals surface area (Å²) in [6.45, 7) is 2.07. The number of para-hydroxylation sites is 1. The highest BCUT2D eigenvalue weighted by Gasteiger charge is 2.24. The van der Waals surface area contributed by atoms with Crippen LogP contribution in [0.5, 0.6) is 11.5 Å². The van der Waals surface area contributed by atoms with Gasteiger partial charge >= 0.3 is 0 Å². The van der Waals surface area contributed by atoms with Crippen molar-refractivity contribution < 1.29 is 19.2 Å². The number of amides is 1. The molecule has 1 aliphatic heterocycles. The molecule has 2 aromatic carbocycles. The standard InChI is InChI=1S/C21H17N3O5/c1-14-18(10-17(11-22-14)24(26)27)21(25)23(16-5-3-2-4-6-16)12-15-7-8-19-20(9-15)29-13-28-19/h2-11H,12-13H2,1H3. The van der Waals surface area contributed by atoms with Crippen molar-refractivity contribution in [1.82, 2.24) is 4.98 Å². The molecule has 1 aromatic heterocycles. The van der Waals surface area contributed by atoms with Crippen LogP contribution in [-0.2, 0) is 6.54 Å². The number of rotatable bonds is 5. The molecule has 1 aliphatic rings. The molecule has 8 heteroatoms. The molecule has 0 N–H and O–H groups in total. The van der Waals surface area contributed by atoms with Crippen LogP contribution in [0.15, 0.2) is 60.8 Å². The van der Waals surface area contributed by atoms with Crippen LogP contribution in [0, 0.1) is 17.0 Å². The summed E-state index contributed by atoms with van der Waals surface area (Å²) in [5.74, 6) is 0.906. The number of ether oxygens (including phenoxy) is 2. The van der Waals surface area contributed by atoms with E-state index in [4.69, 9.17) is 9.47 Å². The third-order valence-electron chi connectivity index (χ3n) is 4.60. The third-order valence-corrected chi connectivity index (χ3v) is 4.60. The Labute approximate surface area is 166 Å². The van der Waals surface area contributed by atoms with E-state index in [1.807, 2.05) is 42.5 Å². The zero-order valence-corrected chi connectivity index (χ0v) is 15.6. The Balaban J connectivity index is 1.72. The van der Waals surface area contributed by atoms with Gasteiger partial charge in [-0.15, -0.1) is 0 Å². The molecule has 0 saturated heterocycles. The number of nitro groups is 1. The van der Waals surface area contributed by atoms with Gasteiger partial charge in [-0.1, -0.05) is 24.3 Å². The normalized spacial score (nSPS) is 11.9. The van der Waals surface area contributed by atoms with Gasteiger partial charge in [0.05, 0.1) is 22.7 Å². The molecule has 0 fully saturated rings. The Bertz CT molecular complexity index is 1080. The number of carbonyl (C=O) groups excluding carboxylic acids is 1. The molecular weight excluding hydrogens is 374 g/mol. The van der Waals surface area contributed by atoms with Gasteiger partial charge in [0.25, 0.3) is 11.6 Å². The van der Waals surface area contributed by atoms with Crippen molar-refractivity contribution in [3.8, 4) is 11.5 Å². The fraction of sp³-hybridized carbons (Fsp3) is 0.143. The molecule has 0 radical (unpaired) electrons. The molecule has 29 heavy (non-hydrogen) atoms. The van der Waals surface area contributed by atoms with Crippen molar-refractivity contribution in [1.29, 1.82) is 0 Å². The fourth-order valence-corrected chi connectivity index (χ4v) is 3.09. The molecule has 0 atom stereocenters. The van der Waals surface area contributed by atoms with E-state index in [1.165, 1.54) is 6.07 Å². The van der Waals surface area contributed by atoms with E-state index >= 15 is 0 Å². The van der Waals surface area contributed by atoms with Crippen molar-refractivity contribution >= 4 is 17.3 Å². The van der Waals surface area contributed by atoms with E-state index in [0.29, 0.717) is 22.9 Å². The number of fused-ring (bicyclic) bond motifs is 1. The lowest BCUT2D eigenvalue weighted by Crippen LogP contribution is -2.31. The number of hydrogen-bond acceptors (Lipinski definition) is 6. The maximum absolute atomic E-state index is 13.4. The topological polar surface area (TPSA) is 94.8 Å². The Kier molecular flexibility index (Phi) is 4.82. The average Bonchev–Trinajstić information content (AvgIpc) is 3.20. The van der Waals surface area contributed by atoms with Gasteiger partial charge in [-0.2, -0.15) is 0 Å². The van der Waals surface area contributed by atoms with Gasteiger partial charge in [0.2, 0.25) is 6.79 Å². The first-order valence-electron chi connectivity index (χ1n) is 8.89. The number of aryl methyl sites for hydroxylation is 1. The SMILES string of the molecule is Cc1ncc([N+](=O)[O-])cc1C(=O)N(Cc1ccc2c(c1)OCO2)c1ccccc1. The molecule has 1 amide bonds. The summed E-state index contributed by atoms with van der Waals surface area (Å²) >= 11 is 0. The Morgan fingerprint density at radius 2 is 1.90 bits per heavy atom. The monoisotopic (exact) mass is 391 g/mol. The molecular formula is C21H17N3O5. The number of anilines is 1. The molecule has 4 rings (SSSR count). The largest absolute Gasteiger partial charge is 0.454 e. The Morgan fingerprint density at radius 3 is 2.66 bits per heavy atom. The van der Waals surface area contributed by atoms with Crippen molar-refractivity contribution in [2.45, 2.75) is 13.5 Å². The van der Waals surface area contributed by atoms with E-state index < -0.39 is 4.92 Å².